The Balaban J connectivity index is 1.83. The quantitative estimate of drug-likeness (QED) is 0.434. The van der Waals surface area contributed by atoms with Crippen molar-refractivity contribution in [2.24, 2.45) is 5.92 Å². The van der Waals surface area contributed by atoms with Crippen molar-refractivity contribution in [1.29, 1.82) is 0 Å². The molecule has 0 bridgehead atoms. The van der Waals surface area contributed by atoms with E-state index in [4.69, 9.17) is 4.74 Å². The Kier molecular flexibility index (Phi) is 8.07. The van der Waals surface area contributed by atoms with Gasteiger partial charge in [-0.05, 0) is 57.8 Å². The normalized spacial score (nSPS) is 20.8. The lowest BCUT2D eigenvalue weighted by atomic mass is 9.86. The average molecular weight is 394 g/mol. The van der Waals surface area contributed by atoms with Crippen molar-refractivity contribution in [2.45, 2.75) is 83.5 Å². The summed E-state index contributed by atoms with van der Waals surface area (Å²) < 4.78 is 5.34. The minimum Gasteiger partial charge on any atom is -0.453 e. The Morgan fingerprint density at radius 3 is 2.44 bits per heavy atom. The first-order valence-corrected chi connectivity index (χ1v) is 10.9. The molecule has 1 saturated carbocycles. The summed E-state index contributed by atoms with van der Waals surface area (Å²) in [6.45, 7) is 7.65. The van der Waals surface area contributed by atoms with Crippen LogP contribution in [0.4, 0.5) is 0 Å². The molecular formula is C20H31N3O3S. The van der Waals surface area contributed by atoms with Crippen molar-refractivity contribution in [3.05, 3.63) is 17.0 Å². The minimum absolute atomic E-state index is 0.185. The third-order valence-electron chi connectivity index (χ3n) is 5.28. The van der Waals surface area contributed by atoms with Crippen molar-refractivity contribution in [3.8, 4) is 0 Å². The lowest BCUT2D eigenvalue weighted by Gasteiger charge is -2.30. The second kappa shape index (κ2) is 10.1. The lowest BCUT2D eigenvalue weighted by molar-refractivity contribution is -0.155. The minimum atomic E-state index is -0.774. The molecule has 6 nitrogen and oxygen atoms in total. The molecule has 0 spiro atoms. The fraction of sp³-hybridized carbons (Fsp3) is 0.700. The SMILES string of the molecule is CSc1nc(C)c(CCC(=O)O[C@H](C)C(=O)N[C@H]2CCCC[C@@H]2C)c(C)n1. The van der Waals surface area contributed by atoms with E-state index in [0.29, 0.717) is 12.3 Å². The smallest absolute Gasteiger partial charge is 0.306 e. The second-order valence-corrected chi connectivity index (χ2v) is 8.14. The van der Waals surface area contributed by atoms with E-state index in [-0.39, 0.29) is 24.3 Å². The van der Waals surface area contributed by atoms with Crippen LogP contribution < -0.4 is 5.32 Å². The third kappa shape index (κ3) is 6.19. The molecule has 7 heteroatoms. The van der Waals surface area contributed by atoms with Crippen LogP contribution in [0.25, 0.3) is 0 Å². The summed E-state index contributed by atoms with van der Waals surface area (Å²) in [4.78, 5) is 33.4. The number of aryl methyl sites for hydroxylation is 2. The number of rotatable bonds is 7. The Bertz CT molecular complexity index is 657. The number of aromatic nitrogens is 2. The highest BCUT2D eigenvalue weighted by atomic mass is 32.2. The standard InChI is InChI=1S/C20H31N3O3S/c1-12-8-6-7-9-17(12)23-19(25)15(4)26-18(24)11-10-16-13(2)21-20(27-5)22-14(16)3/h12,15,17H,6-11H2,1-5H3,(H,23,25)/t12-,15+,17-/m0/s1. The van der Waals surface area contributed by atoms with Gasteiger partial charge in [-0.15, -0.1) is 0 Å². The highest BCUT2D eigenvalue weighted by Crippen LogP contribution is 2.24. The molecule has 0 radical (unpaired) electrons. The first kappa shape index (κ1) is 21.7. The first-order valence-electron chi connectivity index (χ1n) is 9.69. The maximum absolute atomic E-state index is 12.3. The number of hydrogen-bond acceptors (Lipinski definition) is 6. The zero-order valence-electron chi connectivity index (χ0n) is 17.0. The van der Waals surface area contributed by atoms with Gasteiger partial charge in [-0.2, -0.15) is 0 Å². The van der Waals surface area contributed by atoms with E-state index in [1.807, 2.05) is 20.1 Å². The summed E-state index contributed by atoms with van der Waals surface area (Å²) in [6, 6.07) is 0.185. The van der Waals surface area contributed by atoms with Crippen LogP contribution in [-0.4, -0.2) is 40.2 Å². The van der Waals surface area contributed by atoms with Gasteiger partial charge in [0.15, 0.2) is 11.3 Å². The topological polar surface area (TPSA) is 81.2 Å². The van der Waals surface area contributed by atoms with E-state index in [0.717, 1.165) is 41.4 Å². The summed E-state index contributed by atoms with van der Waals surface area (Å²) in [5, 5.41) is 3.77. The molecule has 1 aliphatic carbocycles. The number of hydrogen-bond donors (Lipinski definition) is 1. The summed E-state index contributed by atoms with van der Waals surface area (Å²) in [5.41, 5.74) is 2.74. The van der Waals surface area contributed by atoms with Crippen LogP contribution in [0.2, 0.25) is 0 Å². The van der Waals surface area contributed by atoms with Gasteiger partial charge in [-0.3, -0.25) is 9.59 Å². The van der Waals surface area contributed by atoms with Crippen LogP contribution in [0, 0.1) is 19.8 Å². The fourth-order valence-electron chi connectivity index (χ4n) is 3.53. The molecule has 150 valence electrons. The average Bonchev–Trinajstić information content (AvgIpc) is 2.62. The van der Waals surface area contributed by atoms with Crippen LogP contribution in [0.5, 0.6) is 0 Å². The van der Waals surface area contributed by atoms with Gasteiger partial charge in [-0.1, -0.05) is 31.5 Å². The van der Waals surface area contributed by atoms with Gasteiger partial charge >= 0.3 is 5.97 Å². The van der Waals surface area contributed by atoms with E-state index < -0.39 is 6.10 Å². The molecule has 1 amide bonds. The maximum atomic E-state index is 12.3. The van der Waals surface area contributed by atoms with E-state index in [2.05, 4.69) is 22.2 Å². The molecule has 1 heterocycles. The Morgan fingerprint density at radius 2 is 1.85 bits per heavy atom. The van der Waals surface area contributed by atoms with Gasteiger partial charge < -0.3 is 10.1 Å². The molecule has 0 aliphatic heterocycles. The zero-order valence-corrected chi connectivity index (χ0v) is 17.8. The molecule has 3 atom stereocenters. The molecule has 1 aromatic heterocycles. The van der Waals surface area contributed by atoms with Crippen molar-refractivity contribution in [2.75, 3.05) is 6.26 Å². The molecule has 0 unspecified atom stereocenters. The summed E-state index contributed by atoms with van der Waals surface area (Å²) in [5.74, 6) is -0.106. The van der Waals surface area contributed by atoms with Gasteiger partial charge in [-0.25, -0.2) is 9.97 Å². The largest absolute Gasteiger partial charge is 0.453 e. The zero-order chi connectivity index (χ0) is 20.0. The Morgan fingerprint density at radius 1 is 1.22 bits per heavy atom. The van der Waals surface area contributed by atoms with Crippen molar-refractivity contribution in [3.63, 3.8) is 0 Å². The molecule has 2 rings (SSSR count). The predicted molar refractivity (Wildman–Crippen MR) is 107 cm³/mol. The molecular weight excluding hydrogens is 362 g/mol. The highest BCUT2D eigenvalue weighted by Gasteiger charge is 2.26. The first-order chi connectivity index (χ1) is 12.8. The monoisotopic (exact) mass is 393 g/mol. The van der Waals surface area contributed by atoms with Gasteiger partial charge in [0.2, 0.25) is 0 Å². The van der Waals surface area contributed by atoms with E-state index in [9.17, 15) is 9.59 Å². The van der Waals surface area contributed by atoms with E-state index >= 15 is 0 Å². The number of nitrogens with one attached hydrogen (secondary N) is 1. The van der Waals surface area contributed by atoms with Crippen LogP contribution in [0.1, 0.15) is 62.9 Å². The lowest BCUT2D eigenvalue weighted by Crippen LogP contribution is -2.46. The number of carbonyl (C=O) groups excluding carboxylic acids is 2. The highest BCUT2D eigenvalue weighted by molar-refractivity contribution is 7.98. The van der Waals surface area contributed by atoms with Crippen molar-refractivity contribution < 1.29 is 14.3 Å². The maximum Gasteiger partial charge on any atom is 0.306 e. The number of ether oxygens (including phenoxy) is 1. The fourth-order valence-corrected chi connectivity index (χ4v) is 3.99. The third-order valence-corrected chi connectivity index (χ3v) is 5.83. The van der Waals surface area contributed by atoms with Crippen molar-refractivity contribution >= 4 is 23.6 Å². The predicted octanol–water partition coefficient (Wildman–Crippen LogP) is 3.37. The summed E-state index contributed by atoms with van der Waals surface area (Å²) in [6.07, 6.45) is 6.38. The van der Waals surface area contributed by atoms with Crippen molar-refractivity contribution in [1.82, 2.24) is 15.3 Å². The van der Waals surface area contributed by atoms with Crippen LogP contribution in [-0.2, 0) is 20.7 Å². The van der Waals surface area contributed by atoms with Crippen LogP contribution in [0.15, 0.2) is 5.16 Å². The molecule has 1 aromatic rings. The molecule has 1 fully saturated rings. The number of nitrogens with zero attached hydrogens (tertiary/aromatic N) is 2. The Labute approximate surface area is 166 Å². The Hall–Kier alpha value is -1.63. The van der Waals surface area contributed by atoms with E-state index in [1.54, 1.807) is 6.92 Å². The number of amides is 1. The molecule has 0 aromatic carbocycles. The van der Waals surface area contributed by atoms with Gasteiger partial charge in [0, 0.05) is 23.9 Å². The van der Waals surface area contributed by atoms with Crippen LogP contribution >= 0.6 is 11.8 Å². The number of esters is 1. The van der Waals surface area contributed by atoms with Gasteiger partial charge in [0.05, 0.1) is 0 Å². The van der Waals surface area contributed by atoms with E-state index in [1.165, 1.54) is 18.2 Å². The summed E-state index contributed by atoms with van der Waals surface area (Å²) >= 11 is 1.50. The van der Waals surface area contributed by atoms with Gasteiger partial charge in [0.1, 0.15) is 0 Å². The number of carbonyl (C=O) groups is 2. The van der Waals surface area contributed by atoms with Gasteiger partial charge in [0.25, 0.3) is 5.91 Å². The molecule has 27 heavy (non-hydrogen) atoms. The second-order valence-electron chi connectivity index (χ2n) is 7.37. The molecule has 1 N–H and O–H groups in total. The van der Waals surface area contributed by atoms with Crippen LogP contribution in [0.3, 0.4) is 0 Å². The number of thioether (sulfide) groups is 1. The summed E-state index contributed by atoms with van der Waals surface area (Å²) in [7, 11) is 0. The molecule has 0 saturated heterocycles. The molecule has 1 aliphatic rings.